The Balaban J connectivity index is 2.36. The number of rotatable bonds is 4. The number of halogens is 3. The first kappa shape index (κ1) is 17.5. The molecule has 2 rings (SSSR count). The first-order valence-corrected chi connectivity index (χ1v) is 8.04. The zero-order valence-corrected chi connectivity index (χ0v) is 12.8. The van der Waals surface area contributed by atoms with E-state index in [2.05, 4.69) is 4.74 Å². The van der Waals surface area contributed by atoms with E-state index in [0.717, 1.165) is 16.4 Å². The van der Waals surface area contributed by atoms with Crippen LogP contribution in [-0.4, -0.2) is 43.3 Å². The van der Waals surface area contributed by atoms with E-state index in [9.17, 15) is 26.4 Å². The number of carbonyl (C=O) groups is 1. The molecular formula is C13H14F3NO5S. The maximum atomic E-state index is 12.5. The summed E-state index contributed by atoms with van der Waals surface area (Å²) in [6.07, 6.45) is -5.03. The van der Waals surface area contributed by atoms with Crippen LogP contribution < -0.4 is 4.74 Å². The van der Waals surface area contributed by atoms with Crippen molar-refractivity contribution >= 4 is 16.0 Å². The Morgan fingerprint density at radius 1 is 1.30 bits per heavy atom. The van der Waals surface area contributed by atoms with Crippen molar-refractivity contribution in [3.05, 3.63) is 24.3 Å². The highest BCUT2D eigenvalue weighted by Crippen LogP contribution is 2.34. The highest BCUT2D eigenvalue weighted by Gasteiger charge is 2.42. The molecule has 0 unspecified atom stereocenters. The third-order valence-electron chi connectivity index (χ3n) is 3.59. The van der Waals surface area contributed by atoms with E-state index in [1.54, 1.807) is 6.92 Å². The molecule has 1 aromatic rings. The molecule has 1 fully saturated rings. The molecule has 0 spiro atoms. The van der Waals surface area contributed by atoms with E-state index < -0.39 is 44.8 Å². The number of benzene rings is 1. The van der Waals surface area contributed by atoms with E-state index in [0.29, 0.717) is 0 Å². The van der Waals surface area contributed by atoms with Crippen molar-refractivity contribution < 1.29 is 36.2 Å². The molecule has 0 aliphatic carbocycles. The number of para-hydroxylation sites is 1. The summed E-state index contributed by atoms with van der Waals surface area (Å²) in [5, 5.41) is 9.05. The fourth-order valence-corrected chi connectivity index (χ4v) is 4.13. The average Bonchev–Trinajstić information content (AvgIpc) is 2.80. The Hall–Kier alpha value is -1.81. The molecule has 1 aliphatic heterocycles. The Morgan fingerprint density at radius 3 is 2.43 bits per heavy atom. The highest BCUT2D eigenvalue weighted by molar-refractivity contribution is 7.89. The molecule has 10 heteroatoms. The zero-order valence-electron chi connectivity index (χ0n) is 11.9. The second-order valence-electron chi connectivity index (χ2n) is 5.24. The molecule has 1 saturated heterocycles. The first-order valence-electron chi connectivity index (χ1n) is 6.60. The number of hydrogen-bond acceptors (Lipinski definition) is 4. The third-order valence-corrected chi connectivity index (χ3v) is 5.46. The average molecular weight is 353 g/mol. The summed E-state index contributed by atoms with van der Waals surface area (Å²) in [6.45, 7) is 1.20. The van der Waals surface area contributed by atoms with Crippen LogP contribution in [0.4, 0.5) is 13.2 Å². The lowest BCUT2D eigenvalue weighted by atomic mass is 9.99. The van der Waals surface area contributed by atoms with Crippen LogP contribution in [0.1, 0.15) is 6.92 Å². The van der Waals surface area contributed by atoms with Gasteiger partial charge in [-0.25, -0.2) is 8.42 Å². The summed E-state index contributed by atoms with van der Waals surface area (Å²) in [6, 6.07) is 4.38. The van der Waals surface area contributed by atoms with Gasteiger partial charge in [0.05, 0.1) is 5.92 Å². The number of ether oxygens (including phenoxy) is 1. The number of alkyl halides is 3. The minimum atomic E-state index is -5.03. The van der Waals surface area contributed by atoms with Gasteiger partial charge in [0, 0.05) is 13.1 Å². The summed E-state index contributed by atoms with van der Waals surface area (Å²) >= 11 is 0. The molecule has 0 radical (unpaired) electrons. The Labute approximate surface area is 130 Å². The van der Waals surface area contributed by atoms with Crippen LogP contribution in [-0.2, 0) is 14.8 Å². The number of hydrogen-bond donors (Lipinski definition) is 1. The minimum absolute atomic E-state index is 0.0837. The van der Waals surface area contributed by atoms with E-state index in [4.69, 9.17) is 5.11 Å². The molecule has 1 aliphatic rings. The summed E-state index contributed by atoms with van der Waals surface area (Å²) in [4.78, 5) is 10.4. The van der Waals surface area contributed by atoms with Crippen LogP contribution in [0.15, 0.2) is 29.2 Å². The van der Waals surface area contributed by atoms with Crippen molar-refractivity contribution in [2.45, 2.75) is 18.2 Å². The lowest BCUT2D eigenvalue weighted by molar-refractivity contribution is -0.275. The second-order valence-corrected chi connectivity index (χ2v) is 7.14. The number of nitrogens with zero attached hydrogens (tertiary/aromatic N) is 1. The van der Waals surface area contributed by atoms with Crippen molar-refractivity contribution in [1.29, 1.82) is 0 Å². The van der Waals surface area contributed by atoms with Gasteiger partial charge in [0.1, 0.15) is 10.6 Å². The molecule has 1 N–H and O–H groups in total. The summed E-state index contributed by atoms with van der Waals surface area (Å²) in [5.41, 5.74) is 0. The van der Waals surface area contributed by atoms with Gasteiger partial charge in [0.2, 0.25) is 10.0 Å². The van der Waals surface area contributed by atoms with Crippen molar-refractivity contribution in [3.8, 4) is 5.75 Å². The van der Waals surface area contributed by atoms with Gasteiger partial charge in [0.25, 0.3) is 0 Å². The SMILES string of the molecule is C[C@@H]1CN(S(=O)(=O)c2ccccc2OC(F)(F)F)C[C@H]1C(=O)O. The zero-order chi connectivity index (χ0) is 17.4. The molecule has 0 aromatic heterocycles. The van der Waals surface area contributed by atoms with E-state index in [-0.39, 0.29) is 13.1 Å². The fourth-order valence-electron chi connectivity index (χ4n) is 2.45. The standard InChI is InChI=1S/C13H14F3NO5S/c1-8-6-17(7-9(8)12(18)19)23(20,21)11-5-3-2-4-10(11)22-13(14,15)16/h2-5,8-9H,6-7H2,1H3,(H,18,19)/t8-,9-/m1/s1. The van der Waals surface area contributed by atoms with Gasteiger partial charge in [-0.1, -0.05) is 19.1 Å². The quantitative estimate of drug-likeness (QED) is 0.894. The maximum absolute atomic E-state index is 12.5. The van der Waals surface area contributed by atoms with Gasteiger partial charge in [-0.15, -0.1) is 13.2 Å². The normalized spacial score (nSPS) is 23.0. The van der Waals surface area contributed by atoms with Gasteiger partial charge in [-0.2, -0.15) is 4.31 Å². The van der Waals surface area contributed by atoms with Crippen LogP contribution in [0.25, 0.3) is 0 Å². The molecule has 128 valence electrons. The van der Waals surface area contributed by atoms with Crippen molar-refractivity contribution in [1.82, 2.24) is 4.31 Å². The first-order chi connectivity index (χ1) is 10.5. The van der Waals surface area contributed by atoms with Gasteiger partial charge in [-0.3, -0.25) is 4.79 Å². The largest absolute Gasteiger partial charge is 0.573 e. The molecule has 0 bridgehead atoms. The topological polar surface area (TPSA) is 83.9 Å². The predicted molar refractivity (Wildman–Crippen MR) is 72.2 cm³/mol. The monoisotopic (exact) mass is 353 g/mol. The summed E-state index contributed by atoms with van der Waals surface area (Å²) in [7, 11) is -4.30. The number of carboxylic acid groups (broad SMARTS) is 1. The van der Waals surface area contributed by atoms with Crippen molar-refractivity contribution in [3.63, 3.8) is 0 Å². The Kier molecular flexibility index (Phi) is 4.58. The molecule has 2 atom stereocenters. The van der Waals surface area contributed by atoms with Gasteiger partial charge >= 0.3 is 12.3 Å². The van der Waals surface area contributed by atoms with Crippen molar-refractivity contribution in [2.24, 2.45) is 11.8 Å². The number of carboxylic acids is 1. The molecule has 23 heavy (non-hydrogen) atoms. The number of aliphatic carboxylic acids is 1. The second kappa shape index (κ2) is 6.00. The lowest BCUT2D eigenvalue weighted by Crippen LogP contribution is -2.31. The van der Waals surface area contributed by atoms with E-state index in [1.165, 1.54) is 12.1 Å². The van der Waals surface area contributed by atoms with Crippen LogP contribution in [0, 0.1) is 11.8 Å². The van der Waals surface area contributed by atoms with E-state index >= 15 is 0 Å². The Morgan fingerprint density at radius 2 is 1.91 bits per heavy atom. The van der Waals surface area contributed by atoms with Crippen LogP contribution in [0.5, 0.6) is 5.75 Å². The smallest absolute Gasteiger partial charge is 0.481 e. The molecular weight excluding hydrogens is 339 g/mol. The van der Waals surface area contributed by atoms with Crippen LogP contribution in [0.2, 0.25) is 0 Å². The predicted octanol–water partition coefficient (Wildman–Crippen LogP) is 1.93. The third kappa shape index (κ3) is 3.75. The molecule has 1 heterocycles. The Bertz CT molecular complexity index is 704. The number of sulfonamides is 1. The molecule has 0 amide bonds. The molecule has 1 aromatic carbocycles. The molecule has 6 nitrogen and oxygen atoms in total. The van der Waals surface area contributed by atoms with Gasteiger partial charge in [-0.05, 0) is 18.1 Å². The highest BCUT2D eigenvalue weighted by atomic mass is 32.2. The van der Waals surface area contributed by atoms with Gasteiger partial charge in [0.15, 0.2) is 0 Å². The van der Waals surface area contributed by atoms with E-state index in [1.807, 2.05) is 0 Å². The van der Waals surface area contributed by atoms with Crippen LogP contribution >= 0.6 is 0 Å². The van der Waals surface area contributed by atoms with Crippen molar-refractivity contribution in [2.75, 3.05) is 13.1 Å². The summed E-state index contributed by atoms with van der Waals surface area (Å²) in [5.74, 6) is -3.33. The molecule has 0 saturated carbocycles. The summed E-state index contributed by atoms with van der Waals surface area (Å²) < 4.78 is 66.9. The fraction of sp³-hybridized carbons (Fsp3) is 0.462. The maximum Gasteiger partial charge on any atom is 0.573 e. The van der Waals surface area contributed by atoms with Gasteiger partial charge < -0.3 is 9.84 Å². The lowest BCUT2D eigenvalue weighted by Gasteiger charge is -2.19. The minimum Gasteiger partial charge on any atom is -0.481 e. The van der Waals surface area contributed by atoms with Crippen LogP contribution in [0.3, 0.4) is 0 Å².